The molecule has 2 aliphatic rings. The van der Waals surface area contributed by atoms with Crippen LogP contribution >= 0.6 is 0 Å². The molecule has 2 bridgehead atoms. The van der Waals surface area contributed by atoms with Gasteiger partial charge in [0.05, 0.1) is 11.7 Å². The molecule has 2 aliphatic carbocycles. The van der Waals surface area contributed by atoms with Gasteiger partial charge in [0.15, 0.2) is 0 Å². The van der Waals surface area contributed by atoms with E-state index in [9.17, 15) is 0 Å². The Kier molecular flexibility index (Phi) is 1.80. The largest absolute Gasteiger partial charge is 0.371 e. The van der Waals surface area contributed by atoms with Gasteiger partial charge in [-0.25, -0.2) is 0 Å². The van der Waals surface area contributed by atoms with Gasteiger partial charge in [-0.05, 0) is 33.6 Å². The summed E-state index contributed by atoms with van der Waals surface area (Å²) in [4.78, 5) is 0. The maximum absolute atomic E-state index is 6.02. The molecule has 0 aliphatic heterocycles. The fourth-order valence-electron chi connectivity index (χ4n) is 2.31. The molecule has 0 aromatic rings. The number of ether oxygens (including phenoxy) is 1. The zero-order chi connectivity index (χ0) is 8.77. The standard InChI is InChI=1S/C11H18O/c1-11(2,3)12-10-8-4-5-9(10)7-6-8/h4-5,8-10H,6-7H2,1-3H3/t8-,9-/m0/s1. The first kappa shape index (κ1) is 8.31. The lowest BCUT2D eigenvalue weighted by Crippen LogP contribution is -2.30. The molecule has 2 atom stereocenters. The van der Waals surface area contributed by atoms with Gasteiger partial charge in [-0.2, -0.15) is 0 Å². The van der Waals surface area contributed by atoms with Crippen molar-refractivity contribution in [3.63, 3.8) is 0 Å². The summed E-state index contributed by atoms with van der Waals surface area (Å²) in [6, 6.07) is 0. The molecule has 68 valence electrons. The van der Waals surface area contributed by atoms with Gasteiger partial charge >= 0.3 is 0 Å². The highest BCUT2D eigenvalue weighted by atomic mass is 16.5. The van der Waals surface area contributed by atoms with Crippen molar-refractivity contribution in [2.24, 2.45) is 11.8 Å². The van der Waals surface area contributed by atoms with Crippen molar-refractivity contribution in [1.29, 1.82) is 0 Å². The predicted molar refractivity (Wildman–Crippen MR) is 50.0 cm³/mol. The summed E-state index contributed by atoms with van der Waals surface area (Å²) in [6.07, 6.45) is 7.84. The molecule has 0 aromatic heterocycles. The Morgan fingerprint density at radius 2 is 1.58 bits per heavy atom. The van der Waals surface area contributed by atoms with Crippen molar-refractivity contribution in [3.05, 3.63) is 12.2 Å². The SMILES string of the molecule is CC(C)(C)OC1[C@H]2C=C[C@H]1CC2. The summed E-state index contributed by atoms with van der Waals surface area (Å²) in [5.41, 5.74) is 0.0253. The van der Waals surface area contributed by atoms with E-state index in [0.29, 0.717) is 17.9 Å². The van der Waals surface area contributed by atoms with Gasteiger partial charge in [0.2, 0.25) is 0 Å². The molecule has 0 amide bonds. The molecule has 0 spiro atoms. The van der Waals surface area contributed by atoms with Crippen LogP contribution in [0, 0.1) is 11.8 Å². The lowest BCUT2D eigenvalue weighted by molar-refractivity contribution is -0.0753. The molecule has 1 nitrogen and oxygen atoms in total. The summed E-state index contributed by atoms with van der Waals surface area (Å²) < 4.78 is 6.02. The van der Waals surface area contributed by atoms with E-state index in [4.69, 9.17) is 4.74 Å². The van der Waals surface area contributed by atoms with Crippen molar-refractivity contribution >= 4 is 0 Å². The fraction of sp³-hybridized carbons (Fsp3) is 0.818. The molecule has 0 N–H and O–H groups in total. The third-order valence-electron chi connectivity index (χ3n) is 2.77. The average molecular weight is 166 g/mol. The van der Waals surface area contributed by atoms with Crippen LogP contribution in [0.1, 0.15) is 33.6 Å². The molecule has 0 aromatic carbocycles. The van der Waals surface area contributed by atoms with Gasteiger partial charge in [-0.15, -0.1) is 0 Å². The van der Waals surface area contributed by atoms with E-state index in [1.807, 2.05) is 0 Å². The topological polar surface area (TPSA) is 9.23 Å². The molecule has 1 saturated carbocycles. The van der Waals surface area contributed by atoms with Crippen LogP contribution in [-0.4, -0.2) is 11.7 Å². The number of hydrogen-bond donors (Lipinski definition) is 0. The molecule has 0 heterocycles. The Morgan fingerprint density at radius 3 is 1.92 bits per heavy atom. The average Bonchev–Trinajstić information content (AvgIpc) is 2.46. The minimum absolute atomic E-state index is 0.0253. The summed E-state index contributed by atoms with van der Waals surface area (Å²) in [6.45, 7) is 6.43. The van der Waals surface area contributed by atoms with Gasteiger partial charge in [-0.1, -0.05) is 12.2 Å². The van der Waals surface area contributed by atoms with Crippen molar-refractivity contribution in [1.82, 2.24) is 0 Å². The Hall–Kier alpha value is -0.300. The van der Waals surface area contributed by atoms with Gasteiger partial charge in [-0.3, -0.25) is 0 Å². The smallest absolute Gasteiger partial charge is 0.0707 e. The van der Waals surface area contributed by atoms with E-state index < -0.39 is 0 Å². The predicted octanol–water partition coefficient (Wildman–Crippen LogP) is 2.77. The second-order valence-corrected chi connectivity index (χ2v) is 4.98. The fourth-order valence-corrected chi connectivity index (χ4v) is 2.31. The van der Waals surface area contributed by atoms with Crippen LogP contribution in [0.3, 0.4) is 0 Å². The number of rotatable bonds is 1. The van der Waals surface area contributed by atoms with Crippen LogP contribution in [-0.2, 0) is 4.74 Å². The number of hydrogen-bond acceptors (Lipinski definition) is 1. The first-order valence-corrected chi connectivity index (χ1v) is 4.92. The highest BCUT2D eigenvalue weighted by molar-refractivity contribution is 5.13. The summed E-state index contributed by atoms with van der Waals surface area (Å²) in [5.74, 6) is 1.43. The highest BCUT2D eigenvalue weighted by Crippen LogP contribution is 2.42. The molecule has 12 heavy (non-hydrogen) atoms. The van der Waals surface area contributed by atoms with Gasteiger partial charge in [0, 0.05) is 11.8 Å². The molecule has 0 unspecified atom stereocenters. The molecular formula is C11H18O. The van der Waals surface area contributed by atoms with Crippen LogP contribution in [0.15, 0.2) is 12.2 Å². The van der Waals surface area contributed by atoms with Crippen LogP contribution < -0.4 is 0 Å². The monoisotopic (exact) mass is 166 g/mol. The van der Waals surface area contributed by atoms with Crippen molar-refractivity contribution in [2.75, 3.05) is 0 Å². The lowest BCUT2D eigenvalue weighted by Gasteiger charge is -2.27. The normalized spacial score (nSPS) is 39.4. The Labute approximate surface area is 74.8 Å². The summed E-state index contributed by atoms with van der Waals surface area (Å²) >= 11 is 0. The van der Waals surface area contributed by atoms with Crippen molar-refractivity contribution in [2.45, 2.75) is 45.3 Å². The zero-order valence-corrected chi connectivity index (χ0v) is 8.21. The molecule has 0 saturated heterocycles. The quantitative estimate of drug-likeness (QED) is 0.544. The van der Waals surface area contributed by atoms with Crippen LogP contribution in [0.25, 0.3) is 0 Å². The van der Waals surface area contributed by atoms with E-state index in [2.05, 4.69) is 32.9 Å². The molecule has 0 radical (unpaired) electrons. The van der Waals surface area contributed by atoms with Crippen LogP contribution in [0.5, 0.6) is 0 Å². The van der Waals surface area contributed by atoms with Gasteiger partial charge in [0.25, 0.3) is 0 Å². The highest BCUT2D eigenvalue weighted by Gasteiger charge is 2.40. The van der Waals surface area contributed by atoms with Crippen LogP contribution in [0.4, 0.5) is 0 Å². The Morgan fingerprint density at radius 1 is 1.08 bits per heavy atom. The Bertz CT molecular complexity index is 186. The maximum Gasteiger partial charge on any atom is 0.0707 e. The van der Waals surface area contributed by atoms with Gasteiger partial charge < -0.3 is 4.74 Å². The second kappa shape index (κ2) is 2.59. The van der Waals surface area contributed by atoms with Crippen molar-refractivity contribution in [3.8, 4) is 0 Å². The third-order valence-corrected chi connectivity index (χ3v) is 2.77. The second-order valence-electron chi connectivity index (χ2n) is 4.98. The molecule has 1 heteroatoms. The van der Waals surface area contributed by atoms with Crippen molar-refractivity contribution < 1.29 is 4.74 Å². The van der Waals surface area contributed by atoms with Crippen LogP contribution in [0.2, 0.25) is 0 Å². The number of fused-ring (bicyclic) bond motifs is 2. The van der Waals surface area contributed by atoms with E-state index in [1.54, 1.807) is 0 Å². The summed E-state index contributed by atoms with van der Waals surface area (Å²) in [5, 5.41) is 0. The molecule has 2 rings (SSSR count). The first-order chi connectivity index (χ1) is 5.56. The van der Waals surface area contributed by atoms with E-state index in [-0.39, 0.29) is 5.60 Å². The van der Waals surface area contributed by atoms with E-state index in [0.717, 1.165) is 0 Å². The minimum atomic E-state index is 0.0253. The van der Waals surface area contributed by atoms with Gasteiger partial charge in [0.1, 0.15) is 0 Å². The van der Waals surface area contributed by atoms with E-state index in [1.165, 1.54) is 12.8 Å². The first-order valence-electron chi connectivity index (χ1n) is 4.92. The molecular weight excluding hydrogens is 148 g/mol. The van der Waals surface area contributed by atoms with E-state index >= 15 is 0 Å². The Balaban J connectivity index is 2.00. The minimum Gasteiger partial charge on any atom is -0.371 e. The maximum atomic E-state index is 6.02. The zero-order valence-electron chi connectivity index (χ0n) is 8.21. The summed E-state index contributed by atoms with van der Waals surface area (Å²) in [7, 11) is 0. The molecule has 1 fully saturated rings. The third kappa shape index (κ3) is 1.42. The lowest BCUT2D eigenvalue weighted by atomic mass is 10.1.